The summed E-state index contributed by atoms with van der Waals surface area (Å²) in [5.41, 5.74) is 0.586. The molecule has 0 aliphatic heterocycles. The van der Waals surface area contributed by atoms with Crippen molar-refractivity contribution in [1.82, 2.24) is 5.32 Å². The molecule has 0 saturated carbocycles. The SMILES string of the molecule is C=C(C)C(=O)NC(CC)[N+](C)(C)CCCCCCCC. The molecule has 0 fully saturated rings. The molecule has 0 spiro atoms. The number of nitrogens with one attached hydrogen (secondary N) is 1. The van der Waals surface area contributed by atoms with E-state index in [2.05, 4.69) is 39.8 Å². The molecular weight excluding hydrogens is 248 g/mol. The lowest BCUT2D eigenvalue weighted by Gasteiger charge is -2.38. The molecule has 0 heterocycles. The fourth-order valence-electron chi connectivity index (χ4n) is 2.50. The number of rotatable bonds is 11. The summed E-state index contributed by atoms with van der Waals surface area (Å²) >= 11 is 0. The maximum absolute atomic E-state index is 11.8. The van der Waals surface area contributed by atoms with Crippen molar-refractivity contribution < 1.29 is 9.28 Å². The van der Waals surface area contributed by atoms with Gasteiger partial charge in [0.15, 0.2) is 6.17 Å². The van der Waals surface area contributed by atoms with Crippen LogP contribution in [0.15, 0.2) is 12.2 Å². The average molecular weight is 283 g/mol. The van der Waals surface area contributed by atoms with Crippen LogP contribution in [0.3, 0.4) is 0 Å². The number of carbonyl (C=O) groups is 1. The Morgan fingerprint density at radius 1 is 1.10 bits per heavy atom. The number of hydrogen-bond donors (Lipinski definition) is 1. The molecule has 0 aromatic carbocycles. The van der Waals surface area contributed by atoms with Gasteiger partial charge in [-0.2, -0.15) is 0 Å². The van der Waals surface area contributed by atoms with Crippen LogP contribution in [-0.4, -0.2) is 37.2 Å². The van der Waals surface area contributed by atoms with Crippen molar-refractivity contribution in [3.63, 3.8) is 0 Å². The van der Waals surface area contributed by atoms with Crippen LogP contribution in [0.5, 0.6) is 0 Å². The molecule has 1 N–H and O–H groups in total. The van der Waals surface area contributed by atoms with Gasteiger partial charge >= 0.3 is 0 Å². The van der Waals surface area contributed by atoms with E-state index < -0.39 is 0 Å². The molecule has 20 heavy (non-hydrogen) atoms. The third kappa shape index (κ3) is 7.68. The Kier molecular flexibility index (Phi) is 9.56. The molecule has 1 amide bonds. The summed E-state index contributed by atoms with van der Waals surface area (Å²) in [6, 6.07) is 0. The molecule has 0 aliphatic carbocycles. The highest BCUT2D eigenvalue weighted by atomic mass is 16.1. The van der Waals surface area contributed by atoms with Gasteiger partial charge in [-0.1, -0.05) is 46.1 Å². The van der Waals surface area contributed by atoms with Crippen LogP contribution in [0, 0.1) is 0 Å². The monoisotopic (exact) mass is 283 g/mol. The van der Waals surface area contributed by atoms with Crippen LogP contribution in [0.25, 0.3) is 0 Å². The molecule has 0 rings (SSSR count). The molecule has 0 saturated heterocycles. The molecule has 0 bridgehead atoms. The van der Waals surface area contributed by atoms with Gasteiger partial charge < -0.3 is 9.80 Å². The summed E-state index contributed by atoms with van der Waals surface area (Å²) < 4.78 is 0.850. The Morgan fingerprint density at radius 3 is 2.15 bits per heavy atom. The summed E-state index contributed by atoms with van der Waals surface area (Å²) in [6.07, 6.45) is 8.99. The molecule has 3 heteroatoms. The number of quaternary nitrogens is 1. The van der Waals surface area contributed by atoms with Crippen molar-refractivity contribution in [1.29, 1.82) is 0 Å². The fourth-order valence-corrected chi connectivity index (χ4v) is 2.50. The first-order chi connectivity index (χ1) is 9.35. The third-order valence-corrected chi connectivity index (χ3v) is 4.00. The van der Waals surface area contributed by atoms with Crippen molar-refractivity contribution in [2.45, 2.75) is 71.9 Å². The summed E-state index contributed by atoms with van der Waals surface area (Å²) in [4.78, 5) is 11.8. The van der Waals surface area contributed by atoms with Crippen LogP contribution in [-0.2, 0) is 4.79 Å². The molecule has 1 unspecified atom stereocenters. The zero-order valence-electron chi connectivity index (χ0n) is 14.3. The second-order valence-corrected chi connectivity index (χ2v) is 6.45. The largest absolute Gasteiger partial charge is 0.309 e. The van der Waals surface area contributed by atoms with Gasteiger partial charge in [-0.3, -0.25) is 4.79 Å². The fraction of sp³-hybridized carbons (Fsp3) is 0.824. The second kappa shape index (κ2) is 9.98. The van der Waals surface area contributed by atoms with E-state index in [1.54, 1.807) is 6.92 Å². The van der Waals surface area contributed by atoms with E-state index in [0.29, 0.717) is 5.57 Å². The summed E-state index contributed by atoms with van der Waals surface area (Å²) in [5, 5.41) is 3.10. The third-order valence-electron chi connectivity index (χ3n) is 4.00. The quantitative estimate of drug-likeness (QED) is 0.265. The molecule has 0 radical (unpaired) electrons. The van der Waals surface area contributed by atoms with E-state index in [9.17, 15) is 4.79 Å². The first-order valence-corrected chi connectivity index (χ1v) is 8.14. The van der Waals surface area contributed by atoms with Gasteiger partial charge in [-0.15, -0.1) is 0 Å². The van der Waals surface area contributed by atoms with Crippen LogP contribution < -0.4 is 5.32 Å². The maximum Gasteiger partial charge on any atom is 0.250 e. The van der Waals surface area contributed by atoms with E-state index in [1.165, 1.54) is 38.5 Å². The minimum atomic E-state index is -0.0222. The Bertz CT molecular complexity index is 297. The minimum absolute atomic E-state index is 0.0222. The first-order valence-electron chi connectivity index (χ1n) is 8.14. The average Bonchev–Trinajstić information content (AvgIpc) is 2.39. The molecule has 3 nitrogen and oxygen atoms in total. The number of amides is 1. The summed E-state index contributed by atoms with van der Waals surface area (Å²) in [5.74, 6) is -0.0222. The van der Waals surface area contributed by atoms with Gasteiger partial charge in [-0.25, -0.2) is 0 Å². The predicted octanol–water partition coefficient (Wildman–Crippen LogP) is 3.85. The lowest BCUT2D eigenvalue weighted by molar-refractivity contribution is -0.917. The second-order valence-electron chi connectivity index (χ2n) is 6.45. The van der Waals surface area contributed by atoms with E-state index in [0.717, 1.165) is 17.4 Å². The van der Waals surface area contributed by atoms with Crippen molar-refractivity contribution >= 4 is 5.91 Å². The smallest absolute Gasteiger partial charge is 0.250 e. The van der Waals surface area contributed by atoms with Crippen molar-refractivity contribution in [3.05, 3.63) is 12.2 Å². The van der Waals surface area contributed by atoms with Crippen molar-refractivity contribution in [2.24, 2.45) is 0 Å². The Morgan fingerprint density at radius 2 is 1.65 bits per heavy atom. The van der Waals surface area contributed by atoms with Gasteiger partial charge in [-0.05, 0) is 19.8 Å². The van der Waals surface area contributed by atoms with Gasteiger partial charge in [0.2, 0.25) is 0 Å². The first kappa shape index (κ1) is 19.2. The highest BCUT2D eigenvalue weighted by molar-refractivity contribution is 5.92. The maximum atomic E-state index is 11.8. The molecule has 0 aliphatic rings. The molecular formula is C17H35N2O+. The normalized spacial score (nSPS) is 13.1. The van der Waals surface area contributed by atoms with Gasteiger partial charge in [0.25, 0.3) is 5.91 Å². The summed E-state index contributed by atoms with van der Waals surface area (Å²) in [7, 11) is 4.41. The number of nitrogens with zero attached hydrogens (tertiary/aromatic N) is 1. The zero-order chi connectivity index (χ0) is 15.6. The van der Waals surface area contributed by atoms with Crippen LogP contribution in [0.1, 0.15) is 65.7 Å². The van der Waals surface area contributed by atoms with Crippen molar-refractivity contribution in [2.75, 3.05) is 20.6 Å². The highest BCUT2D eigenvalue weighted by Gasteiger charge is 2.27. The Labute approximate surface area is 126 Å². The Balaban J connectivity index is 4.15. The number of unbranched alkanes of at least 4 members (excludes halogenated alkanes) is 5. The highest BCUT2D eigenvalue weighted by Crippen LogP contribution is 2.13. The zero-order valence-corrected chi connectivity index (χ0v) is 14.3. The van der Waals surface area contributed by atoms with E-state index in [1.807, 2.05) is 0 Å². The standard InChI is InChI=1S/C17H34N2O/c1-7-9-10-11-12-13-14-19(5,6)16(8-2)18-17(20)15(3)4/h16H,3,7-14H2,1-2,4-6H3/p+1. The van der Waals surface area contributed by atoms with Gasteiger partial charge in [0, 0.05) is 12.0 Å². The Hall–Kier alpha value is -0.830. The molecule has 0 aromatic heterocycles. The van der Waals surface area contributed by atoms with E-state index in [-0.39, 0.29) is 12.1 Å². The lowest BCUT2D eigenvalue weighted by Crippen LogP contribution is -2.57. The summed E-state index contributed by atoms with van der Waals surface area (Å²) in [6.45, 7) is 11.0. The van der Waals surface area contributed by atoms with Gasteiger partial charge in [0.1, 0.15) is 0 Å². The molecule has 0 aromatic rings. The minimum Gasteiger partial charge on any atom is -0.309 e. The van der Waals surface area contributed by atoms with Crippen LogP contribution in [0.2, 0.25) is 0 Å². The molecule has 1 atom stereocenters. The van der Waals surface area contributed by atoms with Gasteiger partial charge in [0.05, 0.1) is 20.6 Å². The van der Waals surface area contributed by atoms with Crippen LogP contribution >= 0.6 is 0 Å². The number of carbonyl (C=O) groups excluding carboxylic acids is 1. The van der Waals surface area contributed by atoms with E-state index >= 15 is 0 Å². The number of hydrogen-bond acceptors (Lipinski definition) is 1. The van der Waals surface area contributed by atoms with Crippen LogP contribution in [0.4, 0.5) is 0 Å². The lowest BCUT2D eigenvalue weighted by atomic mass is 10.1. The molecule has 118 valence electrons. The topological polar surface area (TPSA) is 29.1 Å². The van der Waals surface area contributed by atoms with Crippen molar-refractivity contribution in [3.8, 4) is 0 Å². The van der Waals surface area contributed by atoms with E-state index in [4.69, 9.17) is 0 Å². The predicted molar refractivity (Wildman–Crippen MR) is 87.4 cm³/mol.